The molecule has 0 atom stereocenters. The molecule has 2 N–H and O–H groups in total. The molecule has 5 aromatic rings. The minimum absolute atomic E-state index is 0.0281. The van der Waals surface area contributed by atoms with E-state index in [0.29, 0.717) is 11.0 Å². The van der Waals surface area contributed by atoms with Crippen LogP contribution in [-0.4, -0.2) is 29.3 Å². The zero-order chi connectivity index (χ0) is 21.6. The zero-order valence-corrected chi connectivity index (χ0v) is 18.1. The van der Waals surface area contributed by atoms with E-state index in [-0.39, 0.29) is 26.8 Å². The average Bonchev–Trinajstić information content (AvgIpc) is 3.36. The molecular formula is C22H17N5O2S2. The number of hydrogen-bond donors (Lipinski definition) is 1. The van der Waals surface area contributed by atoms with Crippen LogP contribution in [0.5, 0.6) is 0 Å². The first-order chi connectivity index (χ1) is 14.9. The number of nitrogens with zero attached hydrogens (tertiary/aromatic N) is 4. The number of rotatable bonds is 4. The highest BCUT2D eigenvalue weighted by atomic mass is 32.2. The smallest absolute Gasteiger partial charge is 0.212 e. The van der Waals surface area contributed by atoms with Crippen molar-refractivity contribution in [2.24, 2.45) is 5.10 Å². The van der Waals surface area contributed by atoms with Gasteiger partial charge >= 0.3 is 0 Å². The molecule has 5 rings (SSSR count). The Bertz CT molecular complexity index is 1570. The van der Waals surface area contributed by atoms with Gasteiger partial charge in [-0.1, -0.05) is 30.3 Å². The second-order valence-corrected chi connectivity index (χ2v) is 9.86. The van der Waals surface area contributed by atoms with Gasteiger partial charge in [0.15, 0.2) is 5.65 Å². The van der Waals surface area contributed by atoms with E-state index in [4.69, 9.17) is 5.73 Å². The molecule has 0 amide bonds. The van der Waals surface area contributed by atoms with Crippen molar-refractivity contribution in [1.82, 2.24) is 14.6 Å². The third kappa shape index (κ3) is 3.28. The standard InChI is InChI=1S/C22H17N5O2S2/c1-14-6-4-8-16(12-14)31(28,29)20-19-22(26-18-10-3-2-9-17(18)25-19)27(21(20)23)24-13-15-7-5-11-30-15/h2-13H,23H2,1H3/b24-13-. The number of aryl methyl sites for hydroxylation is 1. The van der Waals surface area contributed by atoms with Crippen molar-refractivity contribution in [3.8, 4) is 0 Å². The average molecular weight is 448 g/mol. The molecule has 3 heterocycles. The van der Waals surface area contributed by atoms with Crippen molar-refractivity contribution in [3.05, 3.63) is 76.5 Å². The molecule has 0 radical (unpaired) electrons. The molecule has 0 fully saturated rings. The van der Waals surface area contributed by atoms with Gasteiger partial charge < -0.3 is 5.73 Å². The molecule has 0 bridgehead atoms. The number of aromatic nitrogens is 3. The number of hydrogen-bond acceptors (Lipinski definition) is 7. The molecular weight excluding hydrogens is 430 g/mol. The Hall–Kier alpha value is -3.56. The maximum Gasteiger partial charge on any atom is 0.212 e. The lowest BCUT2D eigenvalue weighted by Gasteiger charge is -2.05. The fraction of sp³-hybridized carbons (Fsp3) is 0.0455. The Morgan fingerprint density at radius 1 is 1.03 bits per heavy atom. The third-order valence-corrected chi connectivity index (χ3v) is 7.46. The van der Waals surface area contributed by atoms with Crippen LogP contribution < -0.4 is 5.73 Å². The van der Waals surface area contributed by atoms with Crippen LogP contribution >= 0.6 is 11.3 Å². The highest BCUT2D eigenvalue weighted by Gasteiger charge is 2.30. The number of para-hydroxylation sites is 2. The second-order valence-electron chi connectivity index (χ2n) is 6.99. The monoisotopic (exact) mass is 447 g/mol. The zero-order valence-electron chi connectivity index (χ0n) is 16.4. The summed E-state index contributed by atoms with van der Waals surface area (Å²) in [7, 11) is -3.96. The second kappa shape index (κ2) is 7.29. The molecule has 3 aromatic heterocycles. The number of nitrogen functional groups attached to an aromatic ring is 1. The van der Waals surface area contributed by atoms with Crippen molar-refractivity contribution in [2.45, 2.75) is 16.7 Å². The summed E-state index contributed by atoms with van der Waals surface area (Å²) in [5.74, 6) is -0.0281. The van der Waals surface area contributed by atoms with Crippen LogP contribution in [0.15, 0.2) is 80.9 Å². The number of fused-ring (bicyclic) bond motifs is 2. The van der Waals surface area contributed by atoms with E-state index in [1.807, 2.05) is 48.7 Å². The fourth-order valence-corrected chi connectivity index (χ4v) is 5.55. The van der Waals surface area contributed by atoms with Crippen molar-refractivity contribution < 1.29 is 8.42 Å². The summed E-state index contributed by atoms with van der Waals surface area (Å²) in [6, 6.07) is 17.8. The van der Waals surface area contributed by atoms with E-state index in [9.17, 15) is 8.42 Å². The number of sulfone groups is 1. The predicted octanol–water partition coefficient (Wildman–Crippen LogP) is 4.25. The van der Waals surface area contributed by atoms with Gasteiger partial charge in [0.05, 0.1) is 22.1 Å². The van der Waals surface area contributed by atoms with E-state index in [1.165, 1.54) is 16.0 Å². The SMILES string of the molecule is Cc1cccc(S(=O)(=O)c2c(N)n(/N=C\c3cccs3)c3nc4ccccc4nc23)c1. The topological polar surface area (TPSA) is 103 Å². The first-order valence-electron chi connectivity index (χ1n) is 9.41. The molecule has 0 unspecified atom stereocenters. The van der Waals surface area contributed by atoms with Gasteiger partial charge in [0.2, 0.25) is 9.84 Å². The van der Waals surface area contributed by atoms with Gasteiger partial charge in [0.1, 0.15) is 16.2 Å². The number of anilines is 1. The van der Waals surface area contributed by atoms with E-state index >= 15 is 0 Å². The predicted molar refractivity (Wildman–Crippen MR) is 123 cm³/mol. The summed E-state index contributed by atoms with van der Waals surface area (Å²) in [5.41, 5.74) is 8.89. The first-order valence-corrected chi connectivity index (χ1v) is 11.8. The molecule has 2 aromatic carbocycles. The first kappa shape index (κ1) is 19.4. The molecule has 0 aliphatic rings. The molecule has 0 saturated heterocycles. The summed E-state index contributed by atoms with van der Waals surface area (Å²) >= 11 is 1.51. The van der Waals surface area contributed by atoms with Gasteiger partial charge in [-0.3, -0.25) is 0 Å². The molecule has 31 heavy (non-hydrogen) atoms. The highest BCUT2D eigenvalue weighted by Crippen LogP contribution is 2.35. The summed E-state index contributed by atoms with van der Waals surface area (Å²) in [6.45, 7) is 1.84. The van der Waals surface area contributed by atoms with Crippen molar-refractivity contribution in [2.75, 3.05) is 5.73 Å². The number of thiophene rings is 1. The minimum Gasteiger partial charge on any atom is -0.382 e. The van der Waals surface area contributed by atoms with Crippen LogP contribution in [0.4, 0.5) is 5.82 Å². The normalized spacial score (nSPS) is 12.3. The third-order valence-electron chi connectivity index (χ3n) is 4.84. The number of benzene rings is 2. The maximum absolute atomic E-state index is 13.6. The summed E-state index contributed by atoms with van der Waals surface area (Å²) in [6.07, 6.45) is 1.63. The van der Waals surface area contributed by atoms with E-state index in [1.54, 1.807) is 30.5 Å². The molecule has 0 spiro atoms. The Morgan fingerprint density at radius 3 is 2.52 bits per heavy atom. The molecule has 0 aliphatic carbocycles. The highest BCUT2D eigenvalue weighted by molar-refractivity contribution is 7.92. The van der Waals surface area contributed by atoms with E-state index in [0.717, 1.165) is 10.4 Å². The van der Waals surface area contributed by atoms with E-state index < -0.39 is 9.84 Å². The molecule has 0 aliphatic heterocycles. The molecule has 9 heteroatoms. The quantitative estimate of drug-likeness (QED) is 0.415. The Kier molecular flexibility index (Phi) is 4.57. The van der Waals surface area contributed by atoms with Crippen LogP contribution in [0.1, 0.15) is 10.4 Å². The van der Waals surface area contributed by atoms with Gasteiger partial charge in [-0.2, -0.15) is 9.78 Å². The lowest BCUT2D eigenvalue weighted by atomic mass is 10.2. The molecule has 7 nitrogen and oxygen atoms in total. The lowest BCUT2D eigenvalue weighted by Crippen LogP contribution is -2.07. The fourth-order valence-electron chi connectivity index (χ4n) is 3.38. The van der Waals surface area contributed by atoms with Gasteiger partial charge in [-0.15, -0.1) is 11.3 Å². The van der Waals surface area contributed by atoms with Crippen LogP contribution in [0.2, 0.25) is 0 Å². The summed E-state index contributed by atoms with van der Waals surface area (Å²) in [5, 5.41) is 6.37. The van der Waals surface area contributed by atoms with Gasteiger partial charge in [0, 0.05) is 4.88 Å². The van der Waals surface area contributed by atoms with E-state index in [2.05, 4.69) is 15.1 Å². The van der Waals surface area contributed by atoms with Crippen molar-refractivity contribution >= 4 is 55.4 Å². The Labute approximate surface area is 182 Å². The van der Waals surface area contributed by atoms with Crippen LogP contribution in [0.3, 0.4) is 0 Å². The van der Waals surface area contributed by atoms with Gasteiger partial charge in [-0.25, -0.2) is 18.4 Å². The summed E-state index contributed by atoms with van der Waals surface area (Å²) in [4.78, 5) is 10.2. The maximum atomic E-state index is 13.6. The molecule has 0 saturated carbocycles. The van der Waals surface area contributed by atoms with Crippen LogP contribution in [-0.2, 0) is 9.84 Å². The largest absolute Gasteiger partial charge is 0.382 e. The molecule has 154 valence electrons. The van der Waals surface area contributed by atoms with Gasteiger partial charge in [-0.05, 0) is 48.2 Å². The Balaban J connectivity index is 1.83. The lowest BCUT2D eigenvalue weighted by molar-refractivity contribution is 0.597. The summed E-state index contributed by atoms with van der Waals surface area (Å²) < 4.78 is 28.5. The van der Waals surface area contributed by atoms with Gasteiger partial charge in [0.25, 0.3) is 0 Å². The van der Waals surface area contributed by atoms with Crippen molar-refractivity contribution in [1.29, 1.82) is 0 Å². The van der Waals surface area contributed by atoms with Crippen LogP contribution in [0, 0.1) is 6.92 Å². The van der Waals surface area contributed by atoms with Crippen molar-refractivity contribution in [3.63, 3.8) is 0 Å². The Morgan fingerprint density at radius 2 is 1.81 bits per heavy atom. The number of nitrogens with two attached hydrogens (primary N) is 1. The minimum atomic E-state index is -3.96. The van der Waals surface area contributed by atoms with Crippen LogP contribution in [0.25, 0.3) is 22.2 Å².